The number of halogens is 5. The van der Waals surface area contributed by atoms with Crippen molar-refractivity contribution in [1.82, 2.24) is 4.57 Å². The van der Waals surface area contributed by atoms with Crippen LogP contribution in [0.25, 0.3) is 11.1 Å². The first kappa shape index (κ1) is 19.1. The molecule has 0 spiro atoms. The third kappa shape index (κ3) is 4.45. The van der Waals surface area contributed by atoms with Crippen LogP contribution in [0.2, 0.25) is 5.02 Å². The molecular formula is C16H14ClF4NO3. The van der Waals surface area contributed by atoms with Crippen molar-refractivity contribution in [3.8, 4) is 16.9 Å². The maximum Gasteiger partial charge on any atom is 0.431 e. The fourth-order valence-corrected chi connectivity index (χ4v) is 2.40. The number of aryl methyl sites for hydroxylation is 1. The van der Waals surface area contributed by atoms with Crippen LogP contribution in [0.3, 0.4) is 0 Å². The number of hydrogen-bond donors (Lipinski definition) is 0. The highest BCUT2D eigenvalue weighted by atomic mass is 35.5. The second-order valence-corrected chi connectivity index (χ2v) is 5.49. The molecule has 2 aromatic rings. The summed E-state index contributed by atoms with van der Waals surface area (Å²) in [7, 11) is 1.21. The molecule has 0 bridgehead atoms. The van der Waals surface area contributed by atoms with Gasteiger partial charge in [0, 0.05) is 24.4 Å². The average molecular weight is 380 g/mol. The van der Waals surface area contributed by atoms with Gasteiger partial charge in [0.25, 0.3) is 0 Å². The molecular weight excluding hydrogens is 366 g/mol. The summed E-state index contributed by atoms with van der Waals surface area (Å²) in [4.78, 5) is 11.3. The molecule has 0 saturated heterocycles. The van der Waals surface area contributed by atoms with Crippen LogP contribution in [0, 0.1) is 5.82 Å². The number of carbonyl (C=O) groups is 1. The Bertz CT molecular complexity index is 786. The van der Waals surface area contributed by atoms with Gasteiger partial charge in [-0.25, -0.2) is 9.18 Å². The van der Waals surface area contributed by atoms with Crippen molar-refractivity contribution in [2.24, 2.45) is 7.05 Å². The van der Waals surface area contributed by atoms with Crippen LogP contribution in [0.1, 0.15) is 12.6 Å². The Hall–Kier alpha value is -2.22. The van der Waals surface area contributed by atoms with Crippen molar-refractivity contribution in [1.29, 1.82) is 0 Å². The zero-order valence-electron chi connectivity index (χ0n) is 13.3. The summed E-state index contributed by atoms with van der Waals surface area (Å²) in [6.45, 7) is 1.32. The van der Waals surface area contributed by atoms with Crippen LogP contribution in [0.4, 0.5) is 17.6 Å². The lowest BCUT2D eigenvalue weighted by molar-refractivity contribution is -0.145. The summed E-state index contributed by atoms with van der Waals surface area (Å²) in [6.07, 6.45) is -3.43. The van der Waals surface area contributed by atoms with E-state index < -0.39 is 30.3 Å². The van der Waals surface area contributed by atoms with Crippen LogP contribution in [-0.2, 0) is 22.8 Å². The lowest BCUT2D eigenvalue weighted by atomic mass is 10.1. The Morgan fingerprint density at radius 2 is 1.96 bits per heavy atom. The first-order valence-corrected chi connectivity index (χ1v) is 7.52. The molecule has 1 aromatic heterocycles. The van der Waals surface area contributed by atoms with Gasteiger partial charge in [-0.2, -0.15) is 13.2 Å². The van der Waals surface area contributed by atoms with Gasteiger partial charge in [0.1, 0.15) is 17.3 Å². The fraction of sp³-hybridized carbons (Fsp3) is 0.312. The largest absolute Gasteiger partial charge is 0.480 e. The maximum atomic E-state index is 14.2. The number of carbonyl (C=O) groups excluding carboxylic acids is 1. The number of nitrogens with zero attached hydrogens (tertiary/aromatic N) is 1. The number of rotatable bonds is 5. The van der Waals surface area contributed by atoms with E-state index in [2.05, 4.69) is 4.74 Å². The Labute approximate surface area is 145 Å². The quantitative estimate of drug-likeness (QED) is 0.569. The first-order valence-electron chi connectivity index (χ1n) is 7.15. The molecule has 1 aromatic carbocycles. The highest BCUT2D eigenvalue weighted by molar-refractivity contribution is 6.32. The Kier molecular flexibility index (Phi) is 5.62. The standard InChI is InChI=1S/C16H14ClF4NO3/c1-3-24-15(23)8-25-13-5-10(12(18)6-11(13)17)9-4-14(16(19,20)21)22(2)7-9/h4-7H,3,8H2,1-2H3. The summed E-state index contributed by atoms with van der Waals surface area (Å²) in [6, 6.07) is 2.88. The topological polar surface area (TPSA) is 40.5 Å². The molecule has 9 heteroatoms. The van der Waals surface area contributed by atoms with E-state index in [4.69, 9.17) is 16.3 Å². The van der Waals surface area contributed by atoms with Gasteiger partial charge in [-0.1, -0.05) is 11.6 Å². The molecule has 0 atom stereocenters. The third-order valence-corrected chi connectivity index (χ3v) is 3.57. The summed E-state index contributed by atoms with van der Waals surface area (Å²) >= 11 is 5.86. The second-order valence-electron chi connectivity index (χ2n) is 5.08. The summed E-state index contributed by atoms with van der Waals surface area (Å²) in [5, 5.41) is -0.113. The van der Waals surface area contributed by atoms with Crippen molar-refractivity contribution < 1.29 is 31.8 Å². The van der Waals surface area contributed by atoms with E-state index in [0.29, 0.717) is 0 Å². The van der Waals surface area contributed by atoms with Crippen LogP contribution in [0.5, 0.6) is 5.75 Å². The lowest BCUT2D eigenvalue weighted by Crippen LogP contribution is -2.14. The highest BCUT2D eigenvalue weighted by Gasteiger charge is 2.34. The molecule has 0 saturated carbocycles. The number of alkyl halides is 3. The van der Waals surface area contributed by atoms with Gasteiger partial charge in [0.15, 0.2) is 6.61 Å². The Morgan fingerprint density at radius 3 is 2.52 bits per heavy atom. The van der Waals surface area contributed by atoms with Crippen LogP contribution in [0.15, 0.2) is 24.4 Å². The predicted molar refractivity (Wildman–Crippen MR) is 82.9 cm³/mol. The van der Waals surface area contributed by atoms with Crippen molar-refractivity contribution in [3.05, 3.63) is 40.9 Å². The molecule has 0 aliphatic rings. The molecule has 0 radical (unpaired) electrons. The smallest absolute Gasteiger partial charge is 0.431 e. The number of benzene rings is 1. The third-order valence-electron chi connectivity index (χ3n) is 3.28. The maximum absolute atomic E-state index is 14.2. The van der Waals surface area contributed by atoms with Gasteiger partial charge in [-0.3, -0.25) is 0 Å². The van der Waals surface area contributed by atoms with Crippen LogP contribution in [-0.4, -0.2) is 23.8 Å². The minimum atomic E-state index is -4.57. The van der Waals surface area contributed by atoms with E-state index in [1.54, 1.807) is 6.92 Å². The van der Waals surface area contributed by atoms with Gasteiger partial charge in [0.05, 0.1) is 11.6 Å². The van der Waals surface area contributed by atoms with Crippen LogP contribution < -0.4 is 4.74 Å². The van der Waals surface area contributed by atoms with E-state index in [0.717, 1.165) is 29.0 Å². The van der Waals surface area contributed by atoms with Gasteiger partial charge >= 0.3 is 12.1 Å². The summed E-state index contributed by atoms with van der Waals surface area (Å²) < 4.78 is 63.5. The van der Waals surface area contributed by atoms with E-state index in [9.17, 15) is 22.4 Å². The highest BCUT2D eigenvalue weighted by Crippen LogP contribution is 2.37. The molecule has 2 rings (SSSR count). The zero-order chi connectivity index (χ0) is 18.8. The van der Waals surface area contributed by atoms with Gasteiger partial charge in [-0.05, 0) is 25.1 Å². The molecule has 0 fully saturated rings. The molecule has 1 heterocycles. The van der Waals surface area contributed by atoms with Gasteiger partial charge in [0.2, 0.25) is 0 Å². The number of ether oxygens (including phenoxy) is 2. The van der Waals surface area contributed by atoms with Gasteiger partial charge < -0.3 is 14.0 Å². The van der Waals surface area contributed by atoms with E-state index in [1.165, 1.54) is 7.05 Å². The zero-order valence-corrected chi connectivity index (χ0v) is 14.0. The van der Waals surface area contributed by atoms with E-state index >= 15 is 0 Å². The second kappa shape index (κ2) is 7.35. The van der Waals surface area contributed by atoms with Crippen molar-refractivity contribution >= 4 is 17.6 Å². The molecule has 0 aliphatic carbocycles. The fourth-order valence-electron chi connectivity index (χ4n) is 2.19. The minimum absolute atomic E-state index is 0.00461. The van der Waals surface area contributed by atoms with E-state index in [1.807, 2.05) is 0 Å². The molecule has 136 valence electrons. The van der Waals surface area contributed by atoms with Crippen molar-refractivity contribution in [3.63, 3.8) is 0 Å². The SMILES string of the molecule is CCOC(=O)COc1cc(-c2cc(C(F)(F)F)n(C)c2)c(F)cc1Cl. The normalized spacial score (nSPS) is 11.5. The lowest BCUT2D eigenvalue weighted by Gasteiger charge is -2.10. The minimum Gasteiger partial charge on any atom is -0.480 e. The van der Waals surface area contributed by atoms with E-state index in [-0.39, 0.29) is 28.5 Å². The molecule has 0 amide bonds. The summed E-state index contributed by atoms with van der Waals surface area (Å²) in [5.41, 5.74) is -1.05. The summed E-state index contributed by atoms with van der Waals surface area (Å²) in [5.74, 6) is -1.50. The van der Waals surface area contributed by atoms with Gasteiger partial charge in [-0.15, -0.1) is 0 Å². The Balaban J connectivity index is 2.36. The first-order chi connectivity index (χ1) is 11.6. The predicted octanol–water partition coefficient (Wildman–Crippen LogP) is 4.45. The molecule has 4 nitrogen and oxygen atoms in total. The molecule has 0 N–H and O–H groups in total. The number of aromatic nitrogens is 1. The monoisotopic (exact) mass is 379 g/mol. The Morgan fingerprint density at radius 1 is 1.28 bits per heavy atom. The van der Waals surface area contributed by atoms with Crippen LogP contribution >= 0.6 is 11.6 Å². The number of esters is 1. The van der Waals surface area contributed by atoms with Crippen molar-refractivity contribution in [2.75, 3.05) is 13.2 Å². The molecule has 0 unspecified atom stereocenters. The molecule has 25 heavy (non-hydrogen) atoms. The average Bonchev–Trinajstić information content (AvgIpc) is 2.88. The van der Waals surface area contributed by atoms with Crippen molar-refractivity contribution in [2.45, 2.75) is 13.1 Å². The number of hydrogen-bond acceptors (Lipinski definition) is 3. The molecule has 0 aliphatic heterocycles.